The lowest BCUT2D eigenvalue weighted by Gasteiger charge is -2.34. The molecule has 2 amide bonds. The van der Waals surface area contributed by atoms with Crippen molar-refractivity contribution in [3.05, 3.63) is 42.0 Å². The Labute approximate surface area is 177 Å². The lowest BCUT2D eigenvalue weighted by atomic mass is 9.76. The molecule has 4 aliphatic rings. The van der Waals surface area contributed by atoms with Gasteiger partial charge in [0, 0.05) is 6.04 Å². The van der Waals surface area contributed by atoms with Gasteiger partial charge in [0.15, 0.2) is 0 Å². The fraction of sp³-hybridized carbons (Fsp3) is 0.583. The van der Waals surface area contributed by atoms with Gasteiger partial charge in [-0.05, 0) is 44.4 Å². The van der Waals surface area contributed by atoms with Gasteiger partial charge in [0.05, 0.1) is 37.1 Å². The van der Waals surface area contributed by atoms with E-state index in [1.165, 1.54) is 0 Å². The number of ether oxygens (including phenoxy) is 2. The topological polar surface area (TPSA) is 67.9 Å². The summed E-state index contributed by atoms with van der Waals surface area (Å²) in [6.07, 6.45) is 7.58. The minimum absolute atomic E-state index is 0.0406. The maximum absolute atomic E-state index is 13.7. The highest BCUT2D eigenvalue weighted by atomic mass is 16.5. The van der Waals surface area contributed by atoms with E-state index in [0.717, 1.165) is 37.0 Å². The summed E-state index contributed by atoms with van der Waals surface area (Å²) in [5.74, 6) is -0.150. The van der Waals surface area contributed by atoms with Gasteiger partial charge in [-0.3, -0.25) is 9.59 Å². The third-order valence-electron chi connectivity index (χ3n) is 7.50. The van der Waals surface area contributed by atoms with Gasteiger partial charge >= 0.3 is 0 Å². The molecule has 3 aliphatic heterocycles. The molecule has 6 heteroatoms. The highest BCUT2D eigenvalue weighted by molar-refractivity contribution is 5.93. The predicted molar refractivity (Wildman–Crippen MR) is 112 cm³/mol. The van der Waals surface area contributed by atoms with E-state index in [9.17, 15) is 9.59 Å². The molecule has 0 unspecified atom stereocenters. The molecule has 30 heavy (non-hydrogen) atoms. The average molecular weight is 411 g/mol. The first-order chi connectivity index (χ1) is 14.4. The first-order valence-electron chi connectivity index (χ1n) is 11.0. The summed E-state index contributed by atoms with van der Waals surface area (Å²) >= 11 is 0. The van der Waals surface area contributed by atoms with Crippen LogP contribution in [-0.2, 0) is 19.9 Å². The molecule has 2 bridgehead atoms. The summed E-state index contributed by atoms with van der Waals surface area (Å²) in [4.78, 5) is 28.7. The predicted octanol–water partition coefficient (Wildman–Crippen LogP) is 2.77. The molecule has 1 aliphatic carbocycles. The SMILES string of the molecule is COc1cccc(C2(NC(=O)[C@H]3[C@H]4C=C[C@]5(CN(C(C)C)C(=O)[C@@H]35)O4)CCCC2)c1. The van der Waals surface area contributed by atoms with E-state index < -0.39 is 23.0 Å². The lowest BCUT2D eigenvalue weighted by molar-refractivity contribution is -0.139. The Kier molecular flexibility index (Phi) is 4.47. The molecule has 0 radical (unpaired) electrons. The van der Waals surface area contributed by atoms with Crippen molar-refractivity contribution in [3.8, 4) is 5.75 Å². The highest BCUT2D eigenvalue weighted by Crippen LogP contribution is 2.52. The van der Waals surface area contributed by atoms with Gasteiger partial charge in [0.25, 0.3) is 0 Å². The van der Waals surface area contributed by atoms with Crippen molar-refractivity contribution in [2.45, 2.75) is 62.8 Å². The number of carbonyl (C=O) groups is 2. The summed E-state index contributed by atoms with van der Waals surface area (Å²) in [7, 11) is 1.66. The molecule has 3 fully saturated rings. The average Bonchev–Trinajstić information content (AvgIpc) is 3.49. The largest absolute Gasteiger partial charge is 0.497 e. The second-order valence-electron chi connectivity index (χ2n) is 9.47. The number of fused-ring (bicyclic) bond motifs is 1. The summed E-state index contributed by atoms with van der Waals surface area (Å²) in [6, 6.07) is 8.07. The quantitative estimate of drug-likeness (QED) is 0.758. The molecule has 6 nitrogen and oxygen atoms in total. The Morgan fingerprint density at radius 2 is 2.07 bits per heavy atom. The molecule has 1 N–H and O–H groups in total. The highest BCUT2D eigenvalue weighted by Gasteiger charge is 2.67. The van der Waals surface area contributed by atoms with Crippen LogP contribution in [0.4, 0.5) is 0 Å². The Morgan fingerprint density at radius 1 is 1.30 bits per heavy atom. The molecule has 4 atom stereocenters. The Morgan fingerprint density at radius 3 is 2.77 bits per heavy atom. The van der Waals surface area contributed by atoms with Gasteiger partial charge in [0.1, 0.15) is 11.4 Å². The molecule has 5 rings (SSSR count). The van der Waals surface area contributed by atoms with Gasteiger partial charge in [-0.1, -0.05) is 37.1 Å². The molecule has 1 saturated carbocycles. The second-order valence-corrected chi connectivity index (χ2v) is 9.47. The molecule has 0 aromatic heterocycles. The van der Waals surface area contributed by atoms with E-state index in [0.29, 0.717) is 6.54 Å². The molecule has 3 heterocycles. The number of carbonyl (C=O) groups excluding carboxylic acids is 2. The first kappa shape index (κ1) is 19.6. The van der Waals surface area contributed by atoms with Crippen LogP contribution in [0, 0.1) is 11.8 Å². The monoisotopic (exact) mass is 410 g/mol. The van der Waals surface area contributed by atoms with Crippen molar-refractivity contribution in [3.63, 3.8) is 0 Å². The van der Waals surface area contributed by atoms with Crippen LogP contribution in [-0.4, -0.2) is 48.1 Å². The van der Waals surface area contributed by atoms with E-state index in [1.807, 2.05) is 49.1 Å². The maximum Gasteiger partial charge on any atom is 0.230 e. The fourth-order valence-electron chi connectivity index (χ4n) is 5.97. The van der Waals surface area contributed by atoms with E-state index in [1.54, 1.807) is 7.11 Å². The molecule has 1 spiro atoms. The Hall–Kier alpha value is -2.34. The van der Waals surface area contributed by atoms with Crippen LogP contribution in [0.15, 0.2) is 36.4 Å². The van der Waals surface area contributed by atoms with Crippen molar-refractivity contribution < 1.29 is 19.1 Å². The van der Waals surface area contributed by atoms with Crippen LogP contribution in [0.25, 0.3) is 0 Å². The number of nitrogens with one attached hydrogen (secondary N) is 1. The van der Waals surface area contributed by atoms with E-state index in [2.05, 4.69) is 11.4 Å². The zero-order chi connectivity index (χ0) is 21.1. The van der Waals surface area contributed by atoms with Gasteiger partial charge in [0.2, 0.25) is 11.8 Å². The third kappa shape index (κ3) is 2.73. The first-order valence-corrected chi connectivity index (χ1v) is 11.0. The molecular weight excluding hydrogens is 380 g/mol. The number of hydrogen-bond acceptors (Lipinski definition) is 4. The Bertz CT molecular complexity index is 904. The van der Waals surface area contributed by atoms with E-state index in [4.69, 9.17) is 9.47 Å². The van der Waals surface area contributed by atoms with Crippen LogP contribution in [0.3, 0.4) is 0 Å². The van der Waals surface area contributed by atoms with Gasteiger partial charge in [-0.2, -0.15) is 0 Å². The van der Waals surface area contributed by atoms with Crippen LogP contribution in [0.2, 0.25) is 0 Å². The number of hydrogen-bond donors (Lipinski definition) is 1. The normalized spacial score (nSPS) is 33.4. The zero-order valence-electron chi connectivity index (χ0n) is 17.9. The summed E-state index contributed by atoms with van der Waals surface area (Å²) in [6.45, 7) is 4.56. The molecule has 1 aromatic rings. The Balaban J connectivity index is 1.44. The van der Waals surface area contributed by atoms with Gasteiger partial charge in [-0.15, -0.1) is 0 Å². The fourth-order valence-corrected chi connectivity index (χ4v) is 5.97. The summed E-state index contributed by atoms with van der Waals surface area (Å²) in [5.41, 5.74) is 0.0138. The van der Waals surface area contributed by atoms with Crippen molar-refractivity contribution in [1.29, 1.82) is 0 Å². The number of rotatable bonds is 5. The van der Waals surface area contributed by atoms with Crippen LogP contribution in [0.5, 0.6) is 5.75 Å². The van der Waals surface area contributed by atoms with Crippen LogP contribution in [0.1, 0.15) is 45.1 Å². The number of likely N-dealkylation sites (tertiary alicyclic amines) is 1. The molecular formula is C24H30N2O4. The smallest absolute Gasteiger partial charge is 0.230 e. The van der Waals surface area contributed by atoms with Crippen molar-refractivity contribution in [1.82, 2.24) is 10.2 Å². The van der Waals surface area contributed by atoms with Crippen molar-refractivity contribution in [2.24, 2.45) is 11.8 Å². The number of methoxy groups -OCH3 is 1. The van der Waals surface area contributed by atoms with Crippen LogP contribution < -0.4 is 10.1 Å². The molecule has 2 saturated heterocycles. The molecule has 1 aromatic carbocycles. The third-order valence-corrected chi connectivity index (χ3v) is 7.50. The minimum Gasteiger partial charge on any atom is -0.497 e. The molecule has 160 valence electrons. The summed E-state index contributed by atoms with van der Waals surface area (Å²) in [5, 5.41) is 3.38. The second kappa shape index (κ2) is 6.84. The van der Waals surface area contributed by atoms with Gasteiger partial charge in [-0.25, -0.2) is 0 Å². The number of nitrogens with zero attached hydrogens (tertiary/aromatic N) is 1. The van der Waals surface area contributed by atoms with Gasteiger partial charge < -0.3 is 19.7 Å². The summed E-state index contributed by atoms with van der Waals surface area (Å²) < 4.78 is 11.7. The van der Waals surface area contributed by atoms with Crippen molar-refractivity contribution in [2.75, 3.05) is 13.7 Å². The maximum atomic E-state index is 13.7. The number of amides is 2. The standard InChI is InChI=1S/C24H30N2O4/c1-15(2)26-14-24-12-9-18(30-24)19(20(24)22(26)28)21(27)25-23(10-4-5-11-23)16-7-6-8-17(13-16)29-3/h6-9,12-13,15,18-20H,4-5,10-11,14H2,1-3H3,(H,25,27)/t18-,19+,20-,24-/m1/s1. The number of benzene rings is 1. The van der Waals surface area contributed by atoms with E-state index in [-0.39, 0.29) is 24.0 Å². The van der Waals surface area contributed by atoms with E-state index >= 15 is 0 Å². The van der Waals surface area contributed by atoms with Crippen LogP contribution >= 0.6 is 0 Å². The van der Waals surface area contributed by atoms with Crippen molar-refractivity contribution >= 4 is 11.8 Å². The minimum atomic E-state index is -0.646. The zero-order valence-corrected chi connectivity index (χ0v) is 17.9. The lowest BCUT2D eigenvalue weighted by Crippen LogP contribution is -2.51.